The van der Waals surface area contributed by atoms with Gasteiger partial charge in [-0.05, 0) is 23.5 Å². The highest BCUT2D eigenvalue weighted by Crippen LogP contribution is 2.21. The number of carbonyl (C=O) groups excluding carboxylic acids is 3. The zero-order valence-electron chi connectivity index (χ0n) is 19.2. The molecule has 1 aromatic heterocycles. The van der Waals surface area contributed by atoms with Gasteiger partial charge in [-0.2, -0.15) is 0 Å². The van der Waals surface area contributed by atoms with Crippen molar-refractivity contribution in [3.63, 3.8) is 0 Å². The lowest BCUT2D eigenvalue weighted by Crippen LogP contribution is -2.58. The number of aromatic nitrogens is 1. The highest BCUT2D eigenvalue weighted by atomic mass is 16.5. The Labute approximate surface area is 188 Å². The number of nitrogens with two attached hydrogens (primary N) is 2. The summed E-state index contributed by atoms with van der Waals surface area (Å²) in [6.07, 6.45) is 3.01. The minimum Gasteiger partial charge on any atom is -0.368 e. The molecule has 5 atom stereocenters. The van der Waals surface area contributed by atoms with E-state index in [1.165, 1.54) is 0 Å². The van der Waals surface area contributed by atoms with Gasteiger partial charge < -0.3 is 21.8 Å². The first-order valence-electron chi connectivity index (χ1n) is 11.0. The van der Waals surface area contributed by atoms with Crippen LogP contribution in [0.15, 0.2) is 30.5 Å². The van der Waals surface area contributed by atoms with Gasteiger partial charge in [0.15, 0.2) is 0 Å². The third kappa shape index (κ3) is 5.66. The van der Waals surface area contributed by atoms with E-state index in [9.17, 15) is 19.6 Å². The summed E-state index contributed by atoms with van der Waals surface area (Å²) in [5.74, 6) is -2.50. The van der Waals surface area contributed by atoms with Crippen molar-refractivity contribution in [1.29, 1.82) is 0 Å². The average molecular weight is 446 g/mol. The third-order valence-corrected chi connectivity index (χ3v) is 6.27. The Morgan fingerprint density at radius 1 is 1.12 bits per heavy atom. The van der Waals surface area contributed by atoms with E-state index in [-0.39, 0.29) is 18.3 Å². The molecular weight excluding hydrogens is 410 g/mol. The van der Waals surface area contributed by atoms with Crippen molar-refractivity contribution >= 4 is 28.6 Å². The molecule has 7 N–H and O–H groups in total. The molecule has 2 aromatic rings. The lowest BCUT2D eigenvalue weighted by Gasteiger charge is -2.31. The molecule has 1 heterocycles. The number of fused-ring (bicyclic) bond motifs is 1. The standard InChI is InChI=1S/C23H35N5O4/c1-5-13(3)19(24)22(30)27-20(14(4)6-2)23(31)28(32)18(21(25)29)11-15-12-26-17-10-8-7-9-16(15)17/h7-10,12-14,18-20,26,32H,5-6,11,24H2,1-4H3,(H2,25,29)(H,27,30)/t13-,14-,18-,19-,20-/m0/s1. The topological polar surface area (TPSA) is 155 Å². The van der Waals surface area contributed by atoms with Crippen molar-refractivity contribution in [2.45, 2.75) is 65.1 Å². The number of hydroxylamine groups is 2. The lowest BCUT2D eigenvalue weighted by molar-refractivity contribution is -0.182. The first kappa shape index (κ1) is 25.4. The van der Waals surface area contributed by atoms with E-state index >= 15 is 0 Å². The van der Waals surface area contributed by atoms with Gasteiger partial charge in [0.05, 0.1) is 6.04 Å². The fourth-order valence-electron chi connectivity index (χ4n) is 3.56. The molecule has 9 heteroatoms. The molecule has 9 nitrogen and oxygen atoms in total. The summed E-state index contributed by atoms with van der Waals surface area (Å²) in [4.78, 5) is 41.1. The molecule has 0 fully saturated rings. The number of benzene rings is 1. The molecule has 0 saturated heterocycles. The number of carbonyl (C=O) groups is 3. The van der Waals surface area contributed by atoms with Crippen molar-refractivity contribution in [2.24, 2.45) is 23.3 Å². The Balaban J connectivity index is 2.25. The molecule has 3 amide bonds. The zero-order valence-corrected chi connectivity index (χ0v) is 19.2. The highest BCUT2D eigenvalue weighted by molar-refractivity contribution is 5.93. The van der Waals surface area contributed by atoms with Gasteiger partial charge in [-0.3, -0.25) is 19.6 Å². The van der Waals surface area contributed by atoms with Crippen LogP contribution in [0, 0.1) is 11.8 Å². The second-order valence-electron chi connectivity index (χ2n) is 8.45. The van der Waals surface area contributed by atoms with Gasteiger partial charge in [-0.1, -0.05) is 58.7 Å². The van der Waals surface area contributed by atoms with Crippen molar-refractivity contribution in [3.05, 3.63) is 36.0 Å². The number of hydrogen-bond acceptors (Lipinski definition) is 5. The van der Waals surface area contributed by atoms with Crippen LogP contribution in [-0.4, -0.2) is 51.1 Å². The van der Waals surface area contributed by atoms with Crippen LogP contribution in [0.1, 0.15) is 46.1 Å². The third-order valence-electron chi connectivity index (χ3n) is 6.27. The van der Waals surface area contributed by atoms with Gasteiger partial charge in [0, 0.05) is 23.5 Å². The molecule has 176 valence electrons. The summed E-state index contributed by atoms with van der Waals surface area (Å²) in [6.45, 7) is 7.43. The van der Waals surface area contributed by atoms with Gasteiger partial charge in [0.25, 0.3) is 5.91 Å². The normalized spacial score (nSPS) is 16.1. The quantitative estimate of drug-likeness (QED) is 0.263. The van der Waals surface area contributed by atoms with Gasteiger partial charge in [0.2, 0.25) is 11.8 Å². The van der Waals surface area contributed by atoms with E-state index in [1.54, 1.807) is 13.1 Å². The predicted molar refractivity (Wildman–Crippen MR) is 122 cm³/mol. The zero-order chi connectivity index (χ0) is 24.0. The number of nitrogens with zero attached hydrogens (tertiary/aromatic N) is 1. The van der Waals surface area contributed by atoms with Crippen LogP contribution in [0.25, 0.3) is 10.9 Å². The van der Waals surface area contributed by atoms with Crippen LogP contribution >= 0.6 is 0 Å². The monoisotopic (exact) mass is 445 g/mol. The smallest absolute Gasteiger partial charge is 0.269 e. The summed E-state index contributed by atoms with van der Waals surface area (Å²) >= 11 is 0. The number of nitrogens with one attached hydrogen (secondary N) is 2. The van der Waals surface area contributed by atoms with Crippen LogP contribution in [-0.2, 0) is 20.8 Å². The second kappa shape index (κ2) is 11.1. The van der Waals surface area contributed by atoms with E-state index in [1.807, 2.05) is 45.0 Å². The highest BCUT2D eigenvalue weighted by Gasteiger charge is 2.36. The molecule has 0 aliphatic rings. The van der Waals surface area contributed by atoms with Crippen molar-refractivity contribution < 1.29 is 19.6 Å². The number of primary amides is 1. The maximum atomic E-state index is 13.2. The molecule has 1 aromatic carbocycles. The maximum absolute atomic E-state index is 13.2. The summed E-state index contributed by atoms with van der Waals surface area (Å²) in [5, 5.41) is 14.6. The average Bonchev–Trinajstić information content (AvgIpc) is 3.20. The molecule has 32 heavy (non-hydrogen) atoms. The molecule has 0 unspecified atom stereocenters. The Morgan fingerprint density at radius 3 is 2.34 bits per heavy atom. The Bertz CT molecular complexity index is 943. The molecule has 2 rings (SSSR count). The predicted octanol–water partition coefficient (Wildman–Crippen LogP) is 1.69. The number of amides is 3. The minimum atomic E-state index is -1.30. The minimum absolute atomic E-state index is 0.0230. The van der Waals surface area contributed by atoms with Crippen LogP contribution in [0.2, 0.25) is 0 Å². The number of H-pyrrole nitrogens is 1. The molecule has 0 bridgehead atoms. The molecular formula is C23H35N5O4. The molecule has 0 aliphatic heterocycles. The van der Waals surface area contributed by atoms with E-state index < -0.39 is 35.8 Å². The SMILES string of the molecule is CC[C@H](C)[C@H](N)C(=O)N[C@H](C(=O)N(O)[C@@H](Cc1c[nH]c2ccccc12)C(N)=O)[C@@H](C)CC. The summed E-state index contributed by atoms with van der Waals surface area (Å²) in [7, 11) is 0. The van der Waals surface area contributed by atoms with E-state index in [4.69, 9.17) is 11.5 Å². The fourth-order valence-corrected chi connectivity index (χ4v) is 3.56. The second-order valence-corrected chi connectivity index (χ2v) is 8.45. The van der Waals surface area contributed by atoms with Crippen LogP contribution < -0.4 is 16.8 Å². The van der Waals surface area contributed by atoms with Crippen LogP contribution in [0.3, 0.4) is 0 Å². The van der Waals surface area contributed by atoms with Crippen LogP contribution in [0.4, 0.5) is 0 Å². The number of rotatable bonds is 11. The van der Waals surface area contributed by atoms with Crippen LogP contribution in [0.5, 0.6) is 0 Å². The summed E-state index contributed by atoms with van der Waals surface area (Å²) < 4.78 is 0. The van der Waals surface area contributed by atoms with E-state index in [0.717, 1.165) is 16.5 Å². The number of hydrogen-bond donors (Lipinski definition) is 5. The largest absolute Gasteiger partial charge is 0.368 e. The summed E-state index contributed by atoms with van der Waals surface area (Å²) in [5.41, 5.74) is 13.2. The van der Waals surface area contributed by atoms with E-state index in [0.29, 0.717) is 17.9 Å². The van der Waals surface area contributed by atoms with Crippen molar-refractivity contribution in [3.8, 4) is 0 Å². The molecule has 0 saturated carbocycles. The molecule has 0 spiro atoms. The Morgan fingerprint density at radius 2 is 1.75 bits per heavy atom. The first-order chi connectivity index (χ1) is 15.1. The number of para-hydroxylation sites is 1. The van der Waals surface area contributed by atoms with Crippen molar-refractivity contribution in [1.82, 2.24) is 15.4 Å². The Kier molecular flexibility index (Phi) is 8.80. The van der Waals surface area contributed by atoms with Gasteiger partial charge in [0.1, 0.15) is 12.1 Å². The molecule has 0 radical (unpaired) electrons. The van der Waals surface area contributed by atoms with Gasteiger partial charge >= 0.3 is 0 Å². The van der Waals surface area contributed by atoms with Crippen molar-refractivity contribution in [2.75, 3.05) is 0 Å². The Hall–Kier alpha value is -2.91. The maximum Gasteiger partial charge on any atom is 0.269 e. The first-order valence-corrected chi connectivity index (χ1v) is 11.0. The lowest BCUT2D eigenvalue weighted by atomic mass is 9.94. The van der Waals surface area contributed by atoms with Gasteiger partial charge in [-0.15, -0.1) is 0 Å². The molecule has 0 aliphatic carbocycles. The van der Waals surface area contributed by atoms with E-state index in [2.05, 4.69) is 10.3 Å². The number of aromatic amines is 1. The fraction of sp³-hybridized carbons (Fsp3) is 0.522. The summed E-state index contributed by atoms with van der Waals surface area (Å²) in [6, 6.07) is 4.36. The van der Waals surface area contributed by atoms with Gasteiger partial charge in [-0.25, -0.2) is 5.06 Å².